The number of pyridine rings is 1. The topological polar surface area (TPSA) is 202 Å². The van der Waals surface area contributed by atoms with Gasteiger partial charge in [0.25, 0.3) is 0 Å². The van der Waals surface area contributed by atoms with E-state index in [0.717, 1.165) is 16.3 Å². The molecule has 4 unspecified atom stereocenters. The van der Waals surface area contributed by atoms with Gasteiger partial charge in [-0.05, 0) is 84.7 Å². The van der Waals surface area contributed by atoms with Gasteiger partial charge >= 0.3 is 37.2 Å². The summed E-state index contributed by atoms with van der Waals surface area (Å²) in [4.78, 5) is 39.5. The fraction of sp³-hybridized carbons (Fsp3) is 0.474. The van der Waals surface area contributed by atoms with E-state index >= 15 is 0 Å². The first-order valence-corrected chi connectivity index (χ1v) is 24.7. The van der Waals surface area contributed by atoms with Gasteiger partial charge in [0.1, 0.15) is 12.6 Å². The second-order valence-electron chi connectivity index (χ2n) is 12.5. The van der Waals surface area contributed by atoms with E-state index in [1.54, 1.807) is 44.7 Å². The predicted molar refractivity (Wildman–Crippen MR) is 219 cm³/mol. The summed E-state index contributed by atoms with van der Waals surface area (Å²) >= 11 is 0. The molecule has 308 valence electrons. The lowest BCUT2D eigenvalue weighted by molar-refractivity contribution is -0.137. The van der Waals surface area contributed by atoms with E-state index in [4.69, 9.17) is 28.2 Å². The first kappa shape index (κ1) is 48.2. The highest BCUT2D eigenvalue weighted by Gasteiger charge is 2.32. The molecule has 15 nitrogen and oxygen atoms in total. The number of carbonyl (C=O) groups is 1. The number of unbranched alkanes of at least 4 members (excludes halogenated alkanes) is 2. The van der Waals surface area contributed by atoms with E-state index < -0.39 is 49.8 Å². The van der Waals surface area contributed by atoms with Crippen LogP contribution in [0.15, 0.2) is 48.5 Å². The summed E-state index contributed by atoms with van der Waals surface area (Å²) in [6.07, 6.45) is 0.594. The third-order valence-corrected chi connectivity index (χ3v) is 12.9. The summed E-state index contributed by atoms with van der Waals surface area (Å²) in [5.74, 6) is 12.0. The predicted octanol–water partition coefficient (Wildman–Crippen LogP) is 8.07. The van der Waals surface area contributed by atoms with Gasteiger partial charge in [-0.3, -0.25) is 23.8 Å². The lowest BCUT2D eigenvalue weighted by Gasteiger charge is -2.26. The van der Waals surface area contributed by atoms with E-state index in [-0.39, 0.29) is 58.5 Å². The van der Waals surface area contributed by atoms with Crippen LogP contribution in [-0.2, 0) is 54.2 Å². The summed E-state index contributed by atoms with van der Waals surface area (Å²) < 4.78 is 71.9. The molecule has 0 spiro atoms. The number of nitrogens with zero attached hydrogens (tertiary/aromatic N) is 3. The third kappa shape index (κ3) is 18.1. The average Bonchev–Trinajstić information content (AvgIpc) is 3.12. The highest BCUT2D eigenvalue weighted by molar-refractivity contribution is 7.53. The summed E-state index contributed by atoms with van der Waals surface area (Å²) in [6.45, 7) is 6.73. The molecule has 0 saturated heterocycles. The van der Waals surface area contributed by atoms with E-state index in [1.165, 1.54) is 4.90 Å². The summed E-state index contributed by atoms with van der Waals surface area (Å²) in [5, 5.41) is 10.6. The number of aromatic nitrogens is 1. The molecule has 2 aromatic carbocycles. The van der Waals surface area contributed by atoms with Gasteiger partial charge in [0.15, 0.2) is 0 Å². The van der Waals surface area contributed by atoms with Crippen molar-refractivity contribution in [2.45, 2.75) is 66.5 Å². The number of aliphatic carboxylic acids is 1. The molecular formula is C38H51N3O12P4+2. The van der Waals surface area contributed by atoms with Gasteiger partial charge in [0, 0.05) is 42.6 Å². The Kier molecular flexibility index (Phi) is 20.8. The molecule has 0 aliphatic heterocycles. The largest absolute Gasteiger partial charge is 0.524 e. The normalized spacial score (nSPS) is 14.0. The molecule has 0 saturated carbocycles. The number of hydrogen-bond acceptors (Lipinski definition) is 12. The summed E-state index contributed by atoms with van der Waals surface area (Å²) in [5.41, 5.74) is 2.75. The molecule has 4 atom stereocenters. The van der Waals surface area contributed by atoms with E-state index in [9.17, 15) is 32.8 Å². The molecule has 1 aromatic heterocycles. The quantitative estimate of drug-likeness (QED) is 0.0443. The highest BCUT2D eigenvalue weighted by atomic mass is 31.2. The van der Waals surface area contributed by atoms with Gasteiger partial charge in [-0.2, -0.15) is 0 Å². The van der Waals surface area contributed by atoms with Crippen LogP contribution in [0.1, 0.15) is 81.5 Å². The Morgan fingerprint density at radius 1 is 0.737 bits per heavy atom. The number of benzene rings is 2. The molecule has 0 aliphatic carbocycles. The van der Waals surface area contributed by atoms with Crippen LogP contribution in [0.4, 0.5) is 0 Å². The van der Waals surface area contributed by atoms with Crippen LogP contribution in [0.5, 0.6) is 0 Å². The van der Waals surface area contributed by atoms with Crippen molar-refractivity contribution in [1.29, 1.82) is 0 Å². The van der Waals surface area contributed by atoms with Gasteiger partial charge in [-0.25, -0.2) is 4.90 Å². The Morgan fingerprint density at radius 3 is 1.74 bits per heavy atom. The standard InChI is InChI=1S/C38H49N3O12P4/c1-5-50-54(44)27-40(28-55(45)51-6-2)25-34-23-31(24-35(39-34)26-41(29-56(46,47)52-7-3)30-57(48,49)53-8-4)19-20-33-22-21-32(36-16-13-14-17-37(33)36)15-11-9-10-12-18-38(42)43/h13-14,16-17,21-24H,5-10,12,18,25-30H2,1-4H3,(H-2,42,43,46,47,48,49)/p+2. The van der Waals surface area contributed by atoms with E-state index in [2.05, 4.69) is 23.7 Å². The fourth-order valence-electron chi connectivity index (χ4n) is 5.62. The fourth-order valence-corrected chi connectivity index (χ4v) is 10.1. The van der Waals surface area contributed by atoms with Crippen LogP contribution in [0.25, 0.3) is 10.8 Å². The molecule has 3 N–H and O–H groups in total. The van der Waals surface area contributed by atoms with Crippen molar-refractivity contribution in [2.75, 3.05) is 51.6 Å². The zero-order chi connectivity index (χ0) is 41.8. The lowest BCUT2D eigenvalue weighted by atomic mass is 9.99. The molecular weight excluding hydrogens is 814 g/mol. The van der Waals surface area contributed by atoms with Crippen LogP contribution >= 0.6 is 31.2 Å². The molecule has 3 aromatic rings. The van der Waals surface area contributed by atoms with Gasteiger partial charge < -0.3 is 23.9 Å². The van der Waals surface area contributed by atoms with Crippen LogP contribution < -0.4 is 0 Å². The maximum absolute atomic E-state index is 12.9. The number of hydrogen-bond donors (Lipinski definition) is 3. The summed E-state index contributed by atoms with van der Waals surface area (Å²) in [6, 6.07) is 14.8. The Balaban J connectivity index is 2.10. The van der Waals surface area contributed by atoms with Crippen LogP contribution in [0.3, 0.4) is 0 Å². The minimum absolute atomic E-state index is 0.0479. The second kappa shape index (κ2) is 24.6. The Hall–Kier alpha value is -3.22. The average molecular weight is 866 g/mol. The van der Waals surface area contributed by atoms with Crippen molar-refractivity contribution >= 4 is 48.0 Å². The van der Waals surface area contributed by atoms with E-state index in [1.807, 2.05) is 36.4 Å². The van der Waals surface area contributed by atoms with Crippen molar-refractivity contribution in [3.8, 4) is 23.7 Å². The van der Waals surface area contributed by atoms with Crippen LogP contribution in [0.2, 0.25) is 0 Å². The highest BCUT2D eigenvalue weighted by Crippen LogP contribution is 2.47. The Morgan fingerprint density at radius 2 is 1.25 bits per heavy atom. The smallest absolute Gasteiger partial charge is 0.481 e. The maximum Gasteiger partial charge on any atom is 0.524 e. The molecule has 0 bridgehead atoms. The van der Waals surface area contributed by atoms with Crippen LogP contribution in [-0.4, -0.2) is 87.2 Å². The van der Waals surface area contributed by atoms with Gasteiger partial charge in [-0.15, -0.1) is 9.05 Å². The Labute approximate surface area is 336 Å². The minimum Gasteiger partial charge on any atom is -0.481 e. The minimum atomic E-state index is -4.23. The Bertz CT molecular complexity index is 2030. The second-order valence-corrected chi connectivity index (χ2v) is 18.6. The first-order valence-electron chi connectivity index (χ1n) is 18.4. The van der Waals surface area contributed by atoms with Gasteiger partial charge in [0.05, 0.1) is 37.8 Å². The van der Waals surface area contributed by atoms with Crippen molar-refractivity contribution in [3.05, 3.63) is 76.6 Å². The molecule has 19 heteroatoms. The molecule has 1 heterocycles. The molecule has 0 aliphatic rings. The molecule has 3 rings (SSSR count). The summed E-state index contributed by atoms with van der Waals surface area (Å²) in [7, 11) is -12.7. The number of carboxylic acid groups (broad SMARTS) is 1. The third-order valence-electron chi connectivity index (χ3n) is 7.73. The van der Waals surface area contributed by atoms with E-state index in [0.29, 0.717) is 41.8 Å². The number of carboxylic acids is 1. The molecule has 0 radical (unpaired) electrons. The molecule has 0 fully saturated rings. The number of rotatable bonds is 24. The zero-order valence-electron chi connectivity index (χ0n) is 32.7. The number of fused-ring (bicyclic) bond motifs is 1. The van der Waals surface area contributed by atoms with Gasteiger partial charge in [0.2, 0.25) is 12.6 Å². The van der Waals surface area contributed by atoms with Crippen molar-refractivity contribution in [2.24, 2.45) is 0 Å². The SMILES string of the molecule is CCO[P+](=O)CN(Cc1cc(C#Cc2ccc(C#CCCCCC(=O)O)c3ccccc23)cc(CN(CP(=O)(O)OCC)CP(=O)(O)OCC)n1)C[P+](=O)OCC. The van der Waals surface area contributed by atoms with Crippen LogP contribution in [0, 0.1) is 23.7 Å². The lowest BCUT2D eigenvalue weighted by Crippen LogP contribution is -2.28. The zero-order valence-corrected chi connectivity index (χ0v) is 36.2. The first-order chi connectivity index (χ1) is 27.2. The van der Waals surface area contributed by atoms with Crippen molar-refractivity contribution in [3.63, 3.8) is 0 Å². The van der Waals surface area contributed by atoms with Gasteiger partial charge in [-0.1, -0.05) is 47.9 Å². The molecule has 57 heavy (non-hydrogen) atoms. The van der Waals surface area contributed by atoms with Crippen molar-refractivity contribution in [1.82, 2.24) is 14.8 Å². The van der Waals surface area contributed by atoms with Crippen molar-refractivity contribution < 1.29 is 56.0 Å². The monoisotopic (exact) mass is 865 g/mol. The molecule has 0 amide bonds. The maximum atomic E-state index is 12.9.